The van der Waals surface area contributed by atoms with Gasteiger partial charge >= 0.3 is 0 Å². The molecule has 0 radical (unpaired) electrons. The van der Waals surface area contributed by atoms with Gasteiger partial charge in [-0.2, -0.15) is 0 Å². The summed E-state index contributed by atoms with van der Waals surface area (Å²) >= 11 is 11.9. The van der Waals surface area contributed by atoms with Gasteiger partial charge in [0.15, 0.2) is 5.78 Å². The summed E-state index contributed by atoms with van der Waals surface area (Å²) in [6, 6.07) is 6.64. The molecule has 0 amide bonds. The summed E-state index contributed by atoms with van der Waals surface area (Å²) in [7, 11) is 1.52. The lowest BCUT2D eigenvalue weighted by molar-refractivity contribution is 0.104. The molecule has 4 rings (SSSR count). The summed E-state index contributed by atoms with van der Waals surface area (Å²) in [4.78, 5) is 30.6. The van der Waals surface area contributed by atoms with Gasteiger partial charge in [0.2, 0.25) is 0 Å². The molecule has 132 valence electrons. The molecular formula is C19H14Cl2N2O3. The number of carbonyl (C=O) groups excluding carboxylic acids is 1. The summed E-state index contributed by atoms with van der Waals surface area (Å²) in [5.41, 5.74) is 1.74. The highest BCUT2D eigenvalue weighted by atomic mass is 35.5. The van der Waals surface area contributed by atoms with Crippen LogP contribution in [0.5, 0.6) is 5.75 Å². The van der Waals surface area contributed by atoms with Gasteiger partial charge in [-0.05, 0) is 24.6 Å². The number of hydrogen-bond acceptors (Lipinski definition) is 4. The van der Waals surface area contributed by atoms with E-state index in [0.29, 0.717) is 62.9 Å². The van der Waals surface area contributed by atoms with Crippen molar-refractivity contribution in [2.75, 3.05) is 13.0 Å². The molecule has 0 saturated carbocycles. The van der Waals surface area contributed by atoms with E-state index in [-0.39, 0.29) is 11.3 Å². The van der Waals surface area contributed by atoms with Crippen LogP contribution in [-0.4, -0.2) is 28.3 Å². The fourth-order valence-electron chi connectivity index (χ4n) is 3.38. The minimum absolute atomic E-state index is 0.173. The number of hydrogen-bond donors (Lipinski definition) is 0. The topological polar surface area (TPSA) is 61.2 Å². The van der Waals surface area contributed by atoms with Crippen LogP contribution in [0.1, 0.15) is 22.3 Å². The number of benzene rings is 1. The van der Waals surface area contributed by atoms with Gasteiger partial charge in [0.1, 0.15) is 5.75 Å². The van der Waals surface area contributed by atoms with E-state index >= 15 is 0 Å². The first-order valence-electron chi connectivity index (χ1n) is 8.08. The van der Waals surface area contributed by atoms with Gasteiger partial charge in [0.25, 0.3) is 5.56 Å². The molecule has 1 aromatic carbocycles. The molecule has 7 heteroatoms. The average Bonchev–Trinajstić information content (AvgIpc) is 2.94. The van der Waals surface area contributed by atoms with E-state index in [2.05, 4.69) is 4.98 Å². The molecule has 0 spiro atoms. The maximum atomic E-state index is 13.1. The number of pyridine rings is 2. The third-order valence-corrected chi connectivity index (χ3v) is 5.05. The first-order valence-corrected chi connectivity index (χ1v) is 8.99. The smallest absolute Gasteiger partial charge is 0.259 e. The van der Waals surface area contributed by atoms with Crippen molar-refractivity contribution in [3.63, 3.8) is 0 Å². The second kappa shape index (κ2) is 6.41. The number of nitrogens with zero attached hydrogens (tertiary/aromatic N) is 2. The molecule has 26 heavy (non-hydrogen) atoms. The number of alkyl halides is 1. The standard InChI is InChI=1S/C19H14Cl2N2O3/c1-26-11-8-14-16(22-9-11)17-15(18(14)24)12-4-3-10(21)7-13(12)19(25)23(17)6-2-5-20/h3-4,7-9H,2,5-6H2,1H3. The highest BCUT2D eigenvalue weighted by molar-refractivity contribution is 6.32. The van der Waals surface area contributed by atoms with Gasteiger partial charge in [-0.15, -0.1) is 11.6 Å². The van der Waals surface area contributed by atoms with Crippen molar-refractivity contribution in [1.82, 2.24) is 9.55 Å². The van der Waals surface area contributed by atoms with Crippen molar-refractivity contribution in [3.05, 3.63) is 57.0 Å². The van der Waals surface area contributed by atoms with Gasteiger partial charge in [-0.3, -0.25) is 14.6 Å². The molecule has 1 aliphatic rings. The van der Waals surface area contributed by atoms with Gasteiger partial charge in [-0.1, -0.05) is 17.7 Å². The number of methoxy groups -OCH3 is 1. The van der Waals surface area contributed by atoms with Crippen molar-refractivity contribution in [2.45, 2.75) is 13.0 Å². The van der Waals surface area contributed by atoms with Gasteiger partial charge in [0, 0.05) is 28.2 Å². The Kier molecular flexibility index (Phi) is 4.21. The Labute approximate surface area is 159 Å². The Morgan fingerprint density at radius 3 is 2.73 bits per heavy atom. The van der Waals surface area contributed by atoms with Crippen LogP contribution in [0.2, 0.25) is 5.02 Å². The Morgan fingerprint density at radius 2 is 2.00 bits per heavy atom. The maximum Gasteiger partial charge on any atom is 0.259 e. The van der Waals surface area contributed by atoms with Crippen LogP contribution in [0.3, 0.4) is 0 Å². The van der Waals surface area contributed by atoms with Gasteiger partial charge < -0.3 is 9.30 Å². The van der Waals surface area contributed by atoms with Crippen molar-refractivity contribution >= 4 is 39.8 Å². The fraction of sp³-hybridized carbons (Fsp3) is 0.211. The Balaban J connectivity index is 2.12. The minimum atomic E-state index is -0.204. The van der Waals surface area contributed by atoms with Crippen LogP contribution in [0.15, 0.2) is 35.3 Å². The molecule has 2 aromatic heterocycles. The lowest BCUT2D eigenvalue weighted by Crippen LogP contribution is -2.23. The molecule has 0 bridgehead atoms. The van der Waals surface area contributed by atoms with Gasteiger partial charge in [-0.25, -0.2) is 0 Å². The van der Waals surface area contributed by atoms with Crippen LogP contribution >= 0.6 is 23.2 Å². The molecular weight excluding hydrogens is 375 g/mol. The number of carbonyl (C=O) groups is 1. The molecule has 5 nitrogen and oxygen atoms in total. The first-order chi connectivity index (χ1) is 12.6. The molecule has 0 aliphatic heterocycles. The lowest BCUT2D eigenvalue weighted by atomic mass is 10.0. The predicted octanol–water partition coefficient (Wildman–Crippen LogP) is 3.90. The van der Waals surface area contributed by atoms with Crippen molar-refractivity contribution in [3.8, 4) is 17.1 Å². The second-order valence-corrected chi connectivity index (χ2v) is 6.83. The maximum absolute atomic E-state index is 13.1. The Bertz CT molecular complexity index is 1120. The van der Waals surface area contributed by atoms with E-state index < -0.39 is 0 Å². The summed E-state index contributed by atoms with van der Waals surface area (Å²) < 4.78 is 6.77. The molecule has 0 saturated heterocycles. The summed E-state index contributed by atoms with van der Waals surface area (Å²) in [6.07, 6.45) is 2.14. The Morgan fingerprint density at radius 1 is 1.19 bits per heavy atom. The molecule has 2 heterocycles. The summed E-state index contributed by atoms with van der Waals surface area (Å²) in [5, 5.41) is 1.44. The highest BCUT2D eigenvalue weighted by Crippen LogP contribution is 2.39. The first kappa shape index (κ1) is 17.1. The van der Waals surface area contributed by atoms with Crippen LogP contribution < -0.4 is 10.3 Å². The number of fused-ring (bicyclic) bond motifs is 5. The van der Waals surface area contributed by atoms with Crippen LogP contribution in [0.25, 0.3) is 22.2 Å². The van der Waals surface area contributed by atoms with E-state index in [1.54, 1.807) is 35.0 Å². The summed E-state index contributed by atoms with van der Waals surface area (Å²) in [6.45, 7) is 0.396. The predicted molar refractivity (Wildman–Crippen MR) is 102 cm³/mol. The number of rotatable bonds is 4. The van der Waals surface area contributed by atoms with E-state index in [9.17, 15) is 9.59 Å². The van der Waals surface area contributed by atoms with Crippen LogP contribution in [0.4, 0.5) is 0 Å². The van der Waals surface area contributed by atoms with Crippen molar-refractivity contribution in [1.29, 1.82) is 0 Å². The monoisotopic (exact) mass is 388 g/mol. The minimum Gasteiger partial charge on any atom is -0.495 e. The third kappa shape index (κ3) is 2.42. The highest BCUT2D eigenvalue weighted by Gasteiger charge is 2.34. The second-order valence-electron chi connectivity index (χ2n) is 6.01. The Hall–Kier alpha value is -2.37. The number of halogens is 2. The van der Waals surface area contributed by atoms with E-state index in [1.807, 2.05) is 0 Å². The van der Waals surface area contributed by atoms with E-state index in [0.717, 1.165) is 0 Å². The van der Waals surface area contributed by atoms with E-state index in [1.165, 1.54) is 7.11 Å². The molecule has 3 aromatic rings. The zero-order valence-corrected chi connectivity index (χ0v) is 15.4. The zero-order valence-electron chi connectivity index (χ0n) is 13.9. The normalized spacial score (nSPS) is 12.3. The molecule has 0 fully saturated rings. The SMILES string of the molecule is COc1cnc2c(c1)C(=O)c1c-2n(CCCCl)c(=O)c2cc(Cl)ccc12. The number of ether oxygens (including phenoxy) is 1. The molecule has 0 atom stereocenters. The average molecular weight is 389 g/mol. The number of aromatic nitrogens is 2. The molecule has 0 unspecified atom stereocenters. The molecule has 0 N–H and O–H groups in total. The zero-order chi connectivity index (χ0) is 18.4. The molecule has 1 aliphatic carbocycles. The fourth-order valence-corrected chi connectivity index (χ4v) is 3.67. The number of ketones is 1. The van der Waals surface area contributed by atoms with Crippen LogP contribution in [0, 0.1) is 0 Å². The quantitative estimate of drug-likeness (QED) is 0.497. The van der Waals surface area contributed by atoms with E-state index in [4.69, 9.17) is 27.9 Å². The largest absolute Gasteiger partial charge is 0.495 e. The third-order valence-electron chi connectivity index (χ3n) is 4.54. The lowest BCUT2D eigenvalue weighted by Gasteiger charge is -2.14. The van der Waals surface area contributed by atoms with Crippen molar-refractivity contribution in [2.24, 2.45) is 0 Å². The van der Waals surface area contributed by atoms with Gasteiger partial charge in [0.05, 0.1) is 35.8 Å². The van der Waals surface area contributed by atoms with Crippen molar-refractivity contribution < 1.29 is 9.53 Å². The van der Waals surface area contributed by atoms with Crippen LogP contribution in [-0.2, 0) is 6.54 Å². The summed E-state index contributed by atoms with van der Waals surface area (Å²) in [5.74, 6) is 0.728.